The van der Waals surface area contributed by atoms with E-state index in [0.29, 0.717) is 18.2 Å². The van der Waals surface area contributed by atoms with E-state index in [4.69, 9.17) is 4.74 Å². The molecule has 0 spiro atoms. The van der Waals surface area contributed by atoms with Gasteiger partial charge < -0.3 is 9.64 Å². The molecule has 2 fully saturated rings. The lowest BCUT2D eigenvalue weighted by Crippen LogP contribution is -2.56. The molecule has 0 radical (unpaired) electrons. The van der Waals surface area contributed by atoms with Gasteiger partial charge in [-0.15, -0.1) is 0 Å². The Hall–Kier alpha value is -3.18. The maximum atomic E-state index is 13.9. The fraction of sp³-hybridized carbons (Fsp3) is 0.321. The van der Waals surface area contributed by atoms with Crippen LogP contribution in [0.5, 0.6) is 5.75 Å². The van der Waals surface area contributed by atoms with E-state index in [-0.39, 0.29) is 23.9 Å². The van der Waals surface area contributed by atoms with Gasteiger partial charge in [0.05, 0.1) is 6.04 Å². The van der Waals surface area contributed by atoms with E-state index in [1.165, 1.54) is 11.6 Å². The molecule has 2 saturated heterocycles. The number of carbonyl (C=O) groups excluding carboxylic acids is 1. The molecule has 0 aromatic heterocycles. The van der Waals surface area contributed by atoms with Crippen molar-refractivity contribution in [2.45, 2.75) is 25.9 Å². The van der Waals surface area contributed by atoms with Gasteiger partial charge in [-0.3, -0.25) is 4.90 Å². The third-order valence-electron chi connectivity index (χ3n) is 6.86. The standard InChI is InChI=1S/C28H29FN2O2/c1-20-14-24(29)12-13-26(20)27-23-15-22(17-30(19-23)16-21-8-4-2-5-9-21)18-31(27)28(32)33-25-10-6-3-7-11-25/h2-14,22-23,27H,15-19H2,1H3. The van der Waals surface area contributed by atoms with E-state index in [2.05, 4.69) is 29.2 Å². The summed E-state index contributed by atoms with van der Waals surface area (Å²) in [6.45, 7) is 5.31. The summed E-state index contributed by atoms with van der Waals surface area (Å²) in [6.07, 6.45) is 0.725. The molecule has 1 amide bonds. The SMILES string of the molecule is Cc1cc(F)ccc1C1C2CC(CN(Cc3ccccc3)C2)CN1C(=O)Oc1ccccc1. The van der Waals surface area contributed by atoms with Crippen molar-refractivity contribution >= 4 is 6.09 Å². The predicted octanol–water partition coefficient (Wildman–Crippen LogP) is 5.83. The highest BCUT2D eigenvalue weighted by molar-refractivity contribution is 5.71. The Morgan fingerprint density at radius 3 is 2.42 bits per heavy atom. The quantitative estimate of drug-likeness (QED) is 0.508. The van der Waals surface area contributed by atoms with E-state index in [1.807, 2.05) is 42.2 Å². The van der Waals surface area contributed by atoms with Crippen LogP contribution in [0.25, 0.3) is 0 Å². The highest BCUT2D eigenvalue weighted by Gasteiger charge is 2.44. The molecule has 170 valence electrons. The Kier molecular flexibility index (Phi) is 6.14. The lowest BCUT2D eigenvalue weighted by molar-refractivity contribution is -0.00793. The van der Waals surface area contributed by atoms with Crippen LogP contribution in [-0.2, 0) is 6.54 Å². The molecule has 33 heavy (non-hydrogen) atoms. The van der Waals surface area contributed by atoms with Gasteiger partial charge in [0.15, 0.2) is 0 Å². The minimum atomic E-state index is -0.332. The third kappa shape index (κ3) is 4.79. The number of aryl methyl sites for hydroxylation is 1. The predicted molar refractivity (Wildman–Crippen MR) is 126 cm³/mol. The van der Waals surface area contributed by atoms with E-state index in [9.17, 15) is 9.18 Å². The molecule has 5 rings (SSSR count). The Morgan fingerprint density at radius 1 is 0.970 bits per heavy atom. The van der Waals surface area contributed by atoms with Gasteiger partial charge in [-0.05, 0) is 66.1 Å². The molecule has 2 aliphatic rings. The van der Waals surface area contributed by atoms with Crippen LogP contribution in [0.3, 0.4) is 0 Å². The van der Waals surface area contributed by atoms with Crippen LogP contribution in [0.2, 0.25) is 0 Å². The average molecular weight is 445 g/mol. The maximum absolute atomic E-state index is 13.9. The van der Waals surface area contributed by atoms with Crippen molar-refractivity contribution in [3.8, 4) is 5.75 Å². The fourth-order valence-corrected chi connectivity index (χ4v) is 5.56. The second-order valence-electron chi connectivity index (χ2n) is 9.32. The van der Waals surface area contributed by atoms with Crippen molar-refractivity contribution in [2.24, 2.45) is 11.8 Å². The summed E-state index contributed by atoms with van der Waals surface area (Å²) in [6, 6.07) is 24.5. The second kappa shape index (κ2) is 9.36. The van der Waals surface area contributed by atoms with Gasteiger partial charge in [-0.2, -0.15) is 0 Å². The first kappa shape index (κ1) is 21.7. The summed E-state index contributed by atoms with van der Waals surface area (Å²) in [5.74, 6) is 0.928. The number of benzene rings is 3. The topological polar surface area (TPSA) is 32.8 Å². The monoisotopic (exact) mass is 444 g/mol. The van der Waals surface area contributed by atoms with Gasteiger partial charge >= 0.3 is 6.09 Å². The summed E-state index contributed by atoms with van der Waals surface area (Å²) >= 11 is 0. The summed E-state index contributed by atoms with van der Waals surface area (Å²) < 4.78 is 19.7. The molecule has 0 saturated carbocycles. The van der Waals surface area contributed by atoms with Crippen LogP contribution in [0, 0.1) is 24.6 Å². The van der Waals surface area contributed by atoms with Crippen LogP contribution in [0.4, 0.5) is 9.18 Å². The van der Waals surface area contributed by atoms with Crippen molar-refractivity contribution < 1.29 is 13.9 Å². The number of piperidine rings is 2. The van der Waals surface area contributed by atoms with Crippen LogP contribution in [0.15, 0.2) is 78.9 Å². The molecule has 0 aliphatic carbocycles. The lowest BCUT2D eigenvalue weighted by Gasteiger charge is -2.50. The maximum Gasteiger partial charge on any atom is 0.415 e. The molecule has 2 aliphatic heterocycles. The molecule has 0 N–H and O–H groups in total. The number of likely N-dealkylation sites (tertiary alicyclic amines) is 2. The van der Waals surface area contributed by atoms with E-state index in [0.717, 1.165) is 37.2 Å². The third-order valence-corrected chi connectivity index (χ3v) is 6.86. The highest BCUT2D eigenvalue weighted by atomic mass is 19.1. The number of amides is 1. The molecule has 5 heteroatoms. The van der Waals surface area contributed by atoms with E-state index < -0.39 is 0 Å². The molecule has 3 aromatic rings. The number of fused-ring (bicyclic) bond motifs is 2. The zero-order valence-corrected chi connectivity index (χ0v) is 18.9. The first-order valence-corrected chi connectivity index (χ1v) is 11.6. The normalized spacial score (nSPS) is 22.7. The number of hydrogen-bond donors (Lipinski definition) is 0. The van der Waals surface area contributed by atoms with Crippen LogP contribution >= 0.6 is 0 Å². The van der Waals surface area contributed by atoms with Crippen molar-refractivity contribution in [1.29, 1.82) is 0 Å². The van der Waals surface area contributed by atoms with Crippen molar-refractivity contribution in [2.75, 3.05) is 19.6 Å². The Morgan fingerprint density at radius 2 is 1.70 bits per heavy atom. The summed E-state index contributed by atoms with van der Waals surface area (Å²) in [5.41, 5.74) is 3.18. The van der Waals surface area contributed by atoms with Crippen molar-refractivity contribution in [3.63, 3.8) is 0 Å². The highest BCUT2D eigenvalue weighted by Crippen LogP contribution is 2.43. The smallest absolute Gasteiger partial charge is 0.410 e. The fourth-order valence-electron chi connectivity index (χ4n) is 5.56. The van der Waals surface area contributed by atoms with Crippen LogP contribution in [0.1, 0.15) is 29.2 Å². The van der Waals surface area contributed by atoms with Crippen molar-refractivity contribution in [1.82, 2.24) is 9.80 Å². The number of nitrogens with zero attached hydrogens (tertiary/aromatic N) is 2. The van der Waals surface area contributed by atoms with Crippen LogP contribution < -0.4 is 4.74 Å². The minimum absolute atomic E-state index is 0.142. The first-order chi connectivity index (χ1) is 16.1. The summed E-state index contributed by atoms with van der Waals surface area (Å²) in [4.78, 5) is 17.7. The van der Waals surface area contributed by atoms with Gasteiger partial charge in [0.1, 0.15) is 11.6 Å². The molecular formula is C28H29FN2O2. The van der Waals surface area contributed by atoms with Gasteiger partial charge in [0, 0.05) is 26.2 Å². The lowest BCUT2D eigenvalue weighted by atomic mass is 9.76. The van der Waals surface area contributed by atoms with Gasteiger partial charge in [-0.1, -0.05) is 54.6 Å². The summed E-state index contributed by atoms with van der Waals surface area (Å²) in [5, 5.41) is 0. The number of hydrogen-bond acceptors (Lipinski definition) is 3. The van der Waals surface area contributed by atoms with Gasteiger partial charge in [0.2, 0.25) is 0 Å². The Balaban J connectivity index is 1.43. The van der Waals surface area contributed by atoms with Crippen molar-refractivity contribution in [3.05, 3.63) is 101 Å². The van der Waals surface area contributed by atoms with E-state index in [1.54, 1.807) is 18.2 Å². The molecule has 3 unspecified atom stereocenters. The van der Waals surface area contributed by atoms with Gasteiger partial charge in [0.25, 0.3) is 0 Å². The number of carbonyl (C=O) groups is 1. The Bertz CT molecular complexity index is 1110. The molecular weight excluding hydrogens is 415 g/mol. The zero-order valence-electron chi connectivity index (χ0n) is 18.9. The minimum Gasteiger partial charge on any atom is -0.410 e. The molecule has 2 heterocycles. The Labute approximate surface area is 194 Å². The molecule has 2 bridgehead atoms. The first-order valence-electron chi connectivity index (χ1n) is 11.6. The zero-order chi connectivity index (χ0) is 22.8. The number of rotatable bonds is 4. The molecule has 3 aromatic carbocycles. The largest absolute Gasteiger partial charge is 0.415 e. The van der Waals surface area contributed by atoms with E-state index >= 15 is 0 Å². The second-order valence-corrected chi connectivity index (χ2v) is 9.32. The average Bonchev–Trinajstić information content (AvgIpc) is 2.81. The van der Waals surface area contributed by atoms with Crippen LogP contribution in [-0.4, -0.2) is 35.5 Å². The number of halogens is 1. The number of ether oxygens (including phenoxy) is 1. The van der Waals surface area contributed by atoms with Gasteiger partial charge in [-0.25, -0.2) is 9.18 Å². The molecule has 4 nitrogen and oxygen atoms in total. The summed E-state index contributed by atoms with van der Waals surface area (Å²) in [7, 11) is 0. The number of para-hydroxylation sites is 1. The molecule has 3 atom stereocenters.